The zero-order valence-corrected chi connectivity index (χ0v) is 31.9. The number of fused-ring (bicyclic) bond motifs is 7. The quantitative estimate of drug-likeness (QED) is 0.176. The van der Waals surface area contributed by atoms with E-state index < -0.39 is 0 Å². The molecule has 0 unspecified atom stereocenters. The summed E-state index contributed by atoms with van der Waals surface area (Å²) < 4.78 is 0. The molecule has 1 aliphatic carbocycles. The third-order valence-corrected chi connectivity index (χ3v) is 12.1. The molecule has 0 saturated heterocycles. The van der Waals surface area contributed by atoms with Gasteiger partial charge in [0.25, 0.3) is 0 Å². The van der Waals surface area contributed by atoms with Crippen LogP contribution in [-0.4, -0.2) is 9.97 Å². The molecule has 0 amide bonds. The fourth-order valence-corrected chi connectivity index (χ4v) is 9.18. The molecule has 57 heavy (non-hydrogen) atoms. The maximum atomic E-state index is 5.32. The van der Waals surface area contributed by atoms with Gasteiger partial charge in [0.2, 0.25) is 0 Å². The Labute approximate surface area is 332 Å². The molecule has 0 aliphatic heterocycles. The number of hydrogen-bond acceptors (Lipinski definition) is 2. The molecule has 1 aromatic heterocycles. The van der Waals surface area contributed by atoms with Gasteiger partial charge in [-0.3, -0.25) is 0 Å². The largest absolute Gasteiger partial charge is 0.228 e. The fourth-order valence-electron chi connectivity index (χ4n) is 9.18. The molecule has 0 radical (unpaired) electrons. The number of nitrogens with zero attached hydrogens (tertiary/aromatic N) is 2. The van der Waals surface area contributed by atoms with Gasteiger partial charge in [0.1, 0.15) is 0 Å². The van der Waals surface area contributed by atoms with Crippen molar-refractivity contribution in [2.24, 2.45) is 0 Å². The van der Waals surface area contributed by atoms with E-state index in [1.807, 2.05) is 6.07 Å². The first kappa shape index (κ1) is 33.2. The van der Waals surface area contributed by atoms with Crippen LogP contribution in [0, 0.1) is 0 Å². The number of benzene rings is 9. The number of rotatable bonds is 5. The van der Waals surface area contributed by atoms with Crippen LogP contribution in [0.5, 0.6) is 0 Å². The molecule has 9 aromatic carbocycles. The maximum Gasteiger partial charge on any atom is 0.161 e. The molecule has 268 valence electrons. The van der Waals surface area contributed by atoms with Crippen LogP contribution in [0.4, 0.5) is 0 Å². The second-order valence-electron chi connectivity index (χ2n) is 15.7. The van der Waals surface area contributed by atoms with Crippen LogP contribution in [0.1, 0.15) is 25.0 Å². The summed E-state index contributed by atoms with van der Waals surface area (Å²) in [5.74, 6) is 0.712. The van der Waals surface area contributed by atoms with Crippen molar-refractivity contribution in [2.75, 3.05) is 0 Å². The Hall–Kier alpha value is -7.16. The van der Waals surface area contributed by atoms with Crippen LogP contribution in [0.15, 0.2) is 194 Å². The molecule has 0 fully saturated rings. The van der Waals surface area contributed by atoms with E-state index in [4.69, 9.17) is 9.97 Å². The minimum atomic E-state index is -0.115. The fraction of sp³-hybridized carbons (Fsp3) is 0.0545. The zero-order chi connectivity index (χ0) is 38.1. The summed E-state index contributed by atoms with van der Waals surface area (Å²) in [7, 11) is 0. The summed E-state index contributed by atoms with van der Waals surface area (Å²) >= 11 is 0. The average Bonchev–Trinajstić information content (AvgIpc) is 3.52. The molecule has 0 bridgehead atoms. The van der Waals surface area contributed by atoms with Crippen molar-refractivity contribution >= 4 is 32.3 Å². The molecule has 2 heteroatoms. The molecule has 2 nitrogen and oxygen atoms in total. The standard InChI is InChI=1S/C55H38N2/c1-55(2)48-22-12-21-46(53(48)52-42-18-9-8-14-37(42)29-32-49(52)55)45-30-31-47(44-20-11-10-19-43(44)45)54-56-50(38-15-4-3-5-16-38)34-51(57-54)39-26-23-36(24-27-39)41-28-25-35-13-6-7-17-40(35)33-41/h3-34H,1-2H3. The number of aromatic nitrogens is 2. The van der Waals surface area contributed by atoms with Gasteiger partial charge >= 0.3 is 0 Å². The summed E-state index contributed by atoms with van der Waals surface area (Å²) in [6.07, 6.45) is 0. The summed E-state index contributed by atoms with van der Waals surface area (Å²) in [4.78, 5) is 10.6. The third-order valence-electron chi connectivity index (χ3n) is 12.1. The van der Waals surface area contributed by atoms with Crippen LogP contribution in [0.25, 0.3) is 99.6 Å². The Bertz CT molecular complexity index is 3190. The van der Waals surface area contributed by atoms with Gasteiger partial charge in [0.05, 0.1) is 11.4 Å². The van der Waals surface area contributed by atoms with Crippen molar-refractivity contribution in [3.63, 3.8) is 0 Å². The molecular formula is C55H38N2. The van der Waals surface area contributed by atoms with Gasteiger partial charge in [0.15, 0.2) is 5.82 Å². The van der Waals surface area contributed by atoms with E-state index in [2.05, 4.69) is 202 Å². The van der Waals surface area contributed by atoms with Crippen LogP contribution >= 0.6 is 0 Å². The van der Waals surface area contributed by atoms with Crippen molar-refractivity contribution in [1.82, 2.24) is 9.97 Å². The van der Waals surface area contributed by atoms with Crippen molar-refractivity contribution in [1.29, 1.82) is 0 Å². The minimum Gasteiger partial charge on any atom is -0.228 e. The average molecular weight is 727 g/mol. The predicted octanol–water partition coefficient (Wildman–Crippen LogP) is 14.6. The van der Waals surface area contributed by atoms with Crippen molar-refractivity contribution in [3.8, 4) is 67.3 Å². The molecule has 0 N–H and O–H groups in total. The van der Waals surface area contributed by atoms with E-state index in [0.717, 1.165) is 33.5 Å². The highest BCUT2D eigenvalue weighted by Gasteiger charge is 2.38. The molecule has 1 heterocycles. The highest BCUT2D eigenvalue weighted by Crippen LogP contribution is 2.55. The third kappa shape index (κ3) is 5.40. The van der Waals surface area contributed by atoms with Crippen molar-refractivity contribution < 1.29 is 0 Å². The van der Waals surface area contributed by atoms with Gasteiger partial charge in [-0.2, -0.15) is 0 Å². The van der Waals surface area contributed by atoms with Crippen molar-refractivity contribution in [3.05, 3.63) is 205 Å². The molecule has 10 aromatic rings. The first-order valence-electron chi connectivity index (χ1n) is 19.7. The van der Waals surface area contributed by atoms with Crippen LogP contribution in [0.2, 0.25) is 0 Å². The lowest BCUT2D eigenvalue weighted by Crippen LogP contribution is -2.14. The molecule has 1 aliphatic rings. The van der Waals surface area contributed by atoms with Gasteiger partial charge in [-0.15, -0.1) is 0 Å². The summed E-state index contributed by atoms with van der Waals surface area (Å²) in [5.41, 5.74) is 15.1. The van der Waals surface area contributed by atoms with Crippen LogP contribution in [-0.2, 0) is 5.41 Å². The van der Waals surface area contributed by atoms with Gasteiger partial charge in [-0.05, 0) is 95.0 Å². The summed E-state index contributed by atoms with van der Waals surface area (Å²) in [6, 6.07) is 70.1. The first-order valence-corrected chi connectivity index (χ1v) is 19.7. The topological polar surface area (TPSA) is 25.8 Å². The Morgan fingerprint density at radius 2 is 0.895 bits per heavy atom. The molecule has 0 saturated carbocycles. The lowest BCUT2D eigenvalue weighted by molar-refractivity contribution is 0.661. The summed E-state index contributed by atoms with van der Waals surface area (Å²) in [6.45, 7) is 4.73. The lowest BCUT2D eigenvalue weighted by atomic mass is 9.81. The lowest BCUT2D eigenvalue weighted by Gasteiger charge is -2.22. The van der Waals surface area contributed by atoms with Gasteiger partial charge in [-0.25, -0.2) is 9.97 Å². The maximum absolute atomic E-state index is 5.32. The van der Waals surface area contributed by atoms with Crippen LogP contribution in [0.3, 0.4) is 0 Å². The zero-order valence-electron chi connectivity index (χ0n) is 31.9. The normalized spacial score (nSPS) is 12.9. The smallest absolute Gasteiger partial charge is 0.161 e. The van der Waals surface area contributed by atoms with E-state index in [0.29, 0.717) is 5.82 Å². The van der Waals surface area contributed by atoms with E-state index in [1.165, 1.54) is 71.4 Å². The highest BCUT2D eigenvalue weighted by atomic mass is 14.9. The minimum absolute atomic E-state index is 0.115. The van der Waals surface area contributed by atoms with Gasteiger partial charge < -0.3 is 0 Å². The Kier molecular flexibility index (Phi) is 7.55. The van der Waals surface area contributed by atoms with Gasteiger partial charge in [0, 0.05) is 22.1 Å². The highest BCUT2D eigenvalue weighted by molar-refractivity contribution is 6.11. The Morgan fingerprint density at radius 1 is 0.333 bits per heavy atom. The molecule has 0 spiro atoms. The molecular weight excluding hydrogens is 689 g/mol. The monoisotopic (exact) mass is 726 g/mol. The second kappa shape index (κ2) is 13.0. The first-order chi connectivity index (χ1) is 28.0. The summed E-state index contributed by atoms with van der Waals surface area (Å²) in [5, 5.41) is 7.37. The van der Waals surface area contributed by atoms with Crippen LogP contribution < -0.4 is 0 Å². The SMILES string of the molecule is CC1(C)c2cccc(-c3ccc(-c4nc(-c5ccccc5)cc(-c5ccc(-c6ccc7ccccc7c6)cc5)n4)c4ccccc34)c2-c2c1ccc1ccccc21. The predicted molar refractivity (Wildman–Crippen MR) is 239 cm³/mol. The Balaban J connectivity index is 1.07. The number of hydrogen-bond donors (Lipinski definition) is 0. The second-order valence-corrected chi connectivity index (χ2v) is 15.7. The van der Waals surface area contributed by atoms with E-state index in [1.54, 1.807) is 0 Å². The van der Waals surface area contributed by atoms with E-state index in [-0.39, 0.29) is 5.41 Å². The van der Waals surface area contributed by atoms with Crippen molar-refractivity contribution in [2.45, 2.75) is 19.3 Å². The molecule has 11 rings (SSSR count). The van der Waals surface area contributed by atoms with Gasteiger partial charge in [-0.1, -0.05) is 190 Å². The van der Waals surface area contributed by atoms with E-state index in [9.17, 15) is 0 Å². The Morgan fingerprint density at radius 3 is 1.67 bits per heavy atom. The van der Waals surface area contributed by atoms with E-state index >= 15 is 0 Å². The molecule has 0 atom stereocenters.